The highest BCUT2D eigenvalue weighted by atomic mass is 16.4. The Balaban J connectivity index is 1.95. The van der Waals surface area contributed by atoms with Crippen molar-refractivity contribution in [1.29, 1.82) is 0 Å². The smallest absolute Gasteiger partial charge is 0.283 e. The molecule has 0 spiro atoms. The van der Waals surface area contributed by atoms with Gasteiger partial charge in [-0.15, -0.1) is 10.2 Å². The van der Waals surface area contributed by atoms with Crippen LogP contribution in [0, 0.1) is 0 Å². The fraction of sp³-hybridized carbons (Fsp3) is 0.417. The average molecular weight is 264 g/mol. The first-order valence-electron chi connectivity index (χ1n) is 5.81. The molecule has 2 aromatic heterocycles. The molecular formula is C12H16N4O3. The van der Waals surface area contributed by atoms with Crippen molar-refractivity contribution < 1.29 is 13.6 Å². The maximum Gasteiger partial charge on any atom is 0.283 e. The number of likely N-dealkylation sites (N-methyl/N-ethyl adjacent to an activating group) is 2. The number of hydrogen-bond acceptors (Lipinski definition) is 6. The minimum atomic E-state index is 0.0215. The van der Waals surface area contributed by atoms with Crippen LogP contribution in [0.3, 0.4) is 0 Å². The molecule has 2 rings (SSSR count). The lowest BCUT2D eigenvalue weighted by atomic mass is 10.4. The first kappa shape index (κ1) is 13.3. The Bertz CT molecular complexity index is 533. The summed E-state index contributed by atoms with van der Waals surface area (Å²) in [6, 6.07) is 3.50. The summed E-state index contributed by atoms with van der Waals surface area (Å²) in [5.41, 5.74) is 0. The topological polar surface area (TPSA) is 75.6 Å². The predicted octanol–water partition coefficient (Wildman–Crippen LogP) is 0.850. The fourth-order valence-corrected chi connectivity index (χ4v) is 1.48. The summed E-state index contributed by atoms with van der Waals surface area (Å²) in [4.78, 5) is 14.9. The van der Waals surface area contributed by atoms with Crippen molar-refractivity contribution >= 4 is 5.91 Å². The van der Waals surface area contributed by atoms with E-state index in [0.717, 1.165) is 0 Å². The molecule has 102 valence electrons. The zero-order valence-electron chi connectivity index (χ0n) is 11.2. The van der Waals surface area contributed by atoms with E-state index in [0.29, 0.717) is 30.6 Å². The van der Waals surface area contributed by atoms with Crippen molar-refractivity contribution in [2.24, 2.45) is 0 Å². The van der Waals surface area contributed by atoms with Gasteiger partial charge in [-0.2, -0.15) is 0 Å². The fourth-order valence-electron chi connectivity index (χ4n) is 1.48. The number of rotatable bonds is 5. The van der Waals surface area contributed by atoms with Crippen LogP contribution in [0.5, 0.6) is 0 Å². The van der Waals surface area contributed by atoms with Gasteiger partial charge in [0.15, 0.2) is 5.76 Å². The summed E-state index contributed by atoms with van der Waals surface area (Å²) in [7, 11) is 5.26. The van der Waals surface area contributed by atoms with Crippen molar-refractivity contribution in [3.8, 4) is 11.7 Å². The summed E-state index contributed by atoms with van der Waals surface area (Å²) in [6.45, 7) is 0.707. The van der Waals surface area contributed by atoms with Crippen LogP contribution >= 0.6 is 0 Å². The average Bonchev–Trinajstić information content (AvgIpc) is 2.97. The molecule has 0 N–H and O–H groups in total. The van der Waals surface area contributed by atoms with Crippen LogP contribution in [-0.4, -0.2) is 53.6 Å². The lowest BCUT2D eigenvalue weighted by Crippen LogP contribution is -2.34. The van der Waals surface area contributed by atoms with Crippen molar-refractivity contribution in [2.45, 2.75) is 6.54 Å². The molecular weight excluding hydrogens is 248 g/mol. The third-order valence-electron chi connectivity index (χ3n) is 2.51. The van der Waals surface area contributed by atoms with Crippen LogP contribution in [0.25, 0.3) is 11.7 Å². The quantitative estimate of drug-likeness (QED) is 0.797. The number of furan rings is 1. The first-order chi connectivity index (χ1) is 9.06. The summed E-state index contributed by atoms with van der Waals surface area (Å²) in [5.74, 6) is 1.34. The van der Waals surface area contributed by atoms with Gasteiger partial charge in [-0.05, 0) is 19.2 Å². The minimum absolute atomic E-state index is 0.0215. The van der Waals surface area contributed by atoms with Crippen molar-refractivity contribution in [2.75, 3.05) is 27.7 Å². The third-order valence-corrected chi connectivity index (χ3v) is 2.51. The number of aromatic nitrogens is 2. The number of hydrogen-bond donors (Lipinski definition) is 0. The van der Waals surface area contributed by atoms with Gasteiger partial charge in [0, 0.05) is 14.1 Å². The molecule has 0 aromatic carbocycles. The molecule has 0 saturated carbocycles. The van der Waals surface area contributed by atoms with Gasteiger partial charge in [0.05, 0.1) is 19.4 Å². The van der Waals surface area contributed by atoms with Crippen LogP contribution in [-0.2, 0) is 11.3 Å². The van der Waals surface area contributed by atoms with E-state index >= 15 is 0 Å². The van der Waals surface area contributed by atoms with Crippen LogP contribution in [0.15, 0.2) is 27.2 Å². The van der Waals surface area contributed by atoms with Crippen molar-refractivity contribution in [1.82, 2.24) is 20.0 Å². The van der Waals surface area contributed by atoms with Gasteiger partial charge >= 0.3 is 0 Å². The Hall–Kier alpha value is -2.15. The Morgan fingerprint density at radius 1 is 1.32 bits per heavy atom. The molecule has 0 fully saturated rings. The van der Waals surface area contributed by atoms with Crippen LogP contribution < -0.4 is 0 Å². The van der Waals surface area contributed by atoms with Gasteiger partial charge in [-0.3, -0.25) is 9.69 Å². The zero-order valence-corrected chi connectivity index (χ0v) is 11.2. The van der Waals surface area contributed by atoms with E-state index in [9.17, 15) is 4.79 Å². The highest BCUT2D eigenvalue weighted by Crippen LogP contribution is 2.18. The Morgan fingerprint density at radius 2 is 2.11 bits per heavy atom. The number of carbonyl (C=O) groups excluding carboxylic acids is 1. The summed E-state index contributed by atoms with van der Waals surface area (Å²) >= 11 is 0. The zero-order chi connectivity index (χ0) is 13.8. The van der Waals surface area contributed by atoms with Crippen LogP contribution in [0.2, 0.25) is 0 Å². The molecule has 0 aliphatic rings. The van der Waals surface area contributed by atoms with Gasteiger partial charge in [-0.25, -0.2) is 0 Å². The van der Waals surface area contributed by atoms with Gasteiger partial charge in [0.25, 0.3) is 5.89 Å². The largest absolute Gasteiger partial charge is 0.459 e. The van der Waals surface area contributed by atoms with E-state index in [1.165, 1.54) is 0 Å². The summed E-state index contributed by atoms with van der Waals surface area (Å²) in [6.07, 6.45) is 1.54. The SMILES string of the molecule is CN(CC(=O)N(C)C)Cc1nnc(-c2ccco2)o1. The Morgan fingerprint density at radius 3 is 2.74 bits per heavy atom. The number of amides is 1. The highest BCUT2D eigenvalue weighted by Gasteiger charge is 2.14. The monoisotopic (exact) mass is 264 g/mol. The minimum Gasteiger partial charge on any atom is -0.459 e. The third kappa shape index (κ3) is 3.41. The molecule has 0 aliphatic heterocycles. The predicted molar refractivity (Wildman–Crippen MR) is 67.0 cm³/mol. The lowest BCUT2D eigenvalue weighted by Gasteiger charge is -2.16. The van der Waals surface area contributed by atoms with E-state index in [4.69, 9.17) is 8.83 Å². The van der Waals surface area contributed by atoms with Crippen molar-refractivity contribution in [3.63, 3.8) is 0 Å². The molecule has 2 aromatic rings. The van der Waals surface area contributed by atoms with E-state index in [1.807, 2.05) is 11.9 Å². The second-order valence-corrected chi connectivity index (χ2v) is 4.44. The molecule has 0 bridgehead atoms. The normalized spacial score (nSPS) is 10.9. The molecule has 0 saturated heterocycles. The number of nitrogens with zero attached hydrogens (tertiary/aromatic N) is 4. The molecule has 0 unspecified atom stereocenters. The van der Waals surface area contributed by atoms with Gasteiger partial charge in [0.1, 0.15) is 0 Å². The second-order valence-electron chi connectivity index (χ2n) is 4.44. The van der Waals surface area contributed by atoms with Gasteiger partial charge < -0.3 is 13.7 Å². The van der Waals surface area contributed by atoms with Gasteiger partial charge in [0.2, 0.25) is 11.8 Å². The highest BCUT2D eigenvalue weighted by molar-refractivity contribution is 5.77. The molecule has 0 radical (unpaired) electrons. The summed E-state index contributed by atoms with van der Waals surface area (Å²) in [5, 5.41) is 7.81. The van der Waals surface area contributed by atoms with E-state index < -0.39 is 0 Å². The van der Waals surface area contributed by atoms with Gasteiger partial charge in [-0.1, -0.05) is 0 Å². The number of carbonyl (C=O) groups is 1. The Kier molecular flexibility index (Phi) is 3.96. The van der Waals surface area contributed by atoms with Crippen LogP contribution in [0.1, 0.15) is 5.89 Å². The molecule has 0 aliphatic carbocycles. The molecule has 7 nitrogen and oxygen atoms in total. The van der Waals surface area contributed by atoms with E-state index in [-0.39, 0.29) is 5.91 Å². The van der Waals surface area contributed by atoms with Crippen molar-refractivity contribution in [3.05, 3.63) is 24.3 Å². The molecule has 19 heavy (non-hydrogen) atoms. The maximum absolute atomic E-state index is 11.5. The maximum atomic E-state index is 11.5. The van der Waals surface area contributed by atoms with E-state index in [2.05, 4.69) is 10.2 Å². The molecule has 7 heteroatoms. The Labute approximate surface area is 110 Å². The van der Waals surface area contributed by atoms with Crippen LogP contribution in [0.4, 0.5) is 0 Å². The molecule has 0 atom stereocenters. The summed E-state index contributed by atoms with van der Waals surface area (Å²) < 4.78 is 10.6. The first-order valence-corrected chi connectivity index (χ1v) is 5.81. The molecule has 1 amide bonds. The second kappa shape index (κ2) is 5.66. The lowest BCUT2D eigenvalue weighted by molar-refractivity contribution is -0.129. The van der Waals surface area contributed by atoms with E-state index in [1.54, 1.807) is 37.4 Å². The standard InChI is InChI=1S/C12H16N4O3/c1-15(2)11(17)8-16(3)7-10-13-14-12(19-10)9-5-4-6-18-9/h4-6H,7-8H2,1-3H3. The molecule has 2 heterocycles.